The van der Waals surface area contributed by atoms with E-state index in [0.717, 1.165) is 19.3 Å². The lowest BCUT2D eigenvalue weighted by Crippen LogP contribution is -2.38. The van der Waals surface area contributed by atoms with Gasteiger partial charge in [-0.25, -0.2) is 0 Å². The second-order valence-corrected chi connectivity index (χ2v) is 5.99. The van der Waals surface area contributed by atoms with Crippen molar-refractivity contribution in [3.8, 4) is 0 Å². The normalized spacial score (nSPS) is 24.6. The molecular weight excluding hydrogens is 292 g/mol. The molecule has 3 rings (SSSR count). The van der Waals surface area contributed by atoms with Crippen LogP contribution in [0.1, 0.15) is 42.5 Å². The highest BCUT2D eigenvalue weighted by molar-refractivity contribution is 6.02. The molecule has 2 aliphatic rings. The minimum absolute atomic E-state index is 0.0690. The van der Waals surface area contributed by atoms with Crippen molar-refractivity contribution in [2.45, 2.75) is 44.2 Å². The molecule has 1 aromatic carbocycles. The first-order valence-corrected chi connectivity index (χ1v) is 8.04. The molecule has 0 bridgehead atoms. The van der Waals surface area contributed by atoms with E-state index in [1.807, 2.05) is 30.4 Å². The average Bonchev–Trinajstić information content (AvgIpc) is 2.76. The van der Waals surface area contributed by atoms with Crippen molar-refractivity contribution in [1.82, 2.24) is 10.2 Å². The number of hydrogen-bond acceptors (Lipinski definition) is 3. The third-order valence-electron chi connectivity index (χ3n) is 4.35. The summed E-state index contributed by atoms with van der Waals surface area (Å²) in [6, 6.07) is 8.85. The largest absolute Gasteiger partial charge is 0.346 e. The Morgan fingerprint density at radius 1 is 1.00 bits per heavy atom. The summed E-state index contributed by atoms with van der Waals surface area (Å²) in [6.07, 6.45) is 6.86. The lowest BCUT2D eigenvalue weighted by atomic mass is 10.1. The summed E-state index contributed by atoms with van der Waals surface area (Å²) in [6.45, 7) is 0. The van der Waals surface area contributed by atoms with E-state index in [1.54, 1.807) is 12.1 Å². The molecule has 1 aromatic rings. The molecule has 1 aliphatic carbocycles. The van der Waals surface area contributed by atoms with Crippen LogP contribution < -0.4 is 5.32 Å². The molecule has 5 heteroatoms. The third kappa shape index (κ3) is 3.50. The SMILES string of the molecule is O=C(N[C@@H]1C=C[C@H](N2C(=O)CCC2=O)CCC1)c1ccccc1. The van der Waals surface area contributed by atoms with Crippen LogP contribution >= 0.6 is 0 Å². The van der Waals surface area contributed by atoms with E-state index in [2.05, 4.69) is 5.32 Å². The highest BCUT2D eigenvalue weighted by atomic mass is 16.2. The molecule has 0 unspecified atom stereocenters. The number of hydrogen-bond donors (Lipinski definition) is 1. The fourth-order valence-electron chi connectivity index (χ4n) is 3.14. The summed E-state index contributed by atoms with van der Waals surface area (Å²) < 4.78 is 0. The number of nitrogens with zero attached hydrogens (tertiary/aromatic N) is 1. The Morgan fingerprint density at radius 2 is 1.70 bits per heavy atom. The fourth-order valence-corrected chi connectivity index (χ4v) is 3.14. The van der Waals surface area contributed by atoms with E-state index < -0.39 is 0 Å². The number of rotatable bonds is 3. The van der Waals surface area contributed by atoms with Crippen LogP contribution in [-0.2, 0) is 9.59 Å². The standard InChI is InChI=1S/C18H20N2O3/c21-16-11-12-17(22)20(16)15-8-4-7-14(9-10-15)19-18(23)13-5-2-1-3-6-13/h1-3,5-6,9-10,14-15H,4,7-8,11-12H2,(H,19,23)/t14-,15+/m0/s1. The van der Waals surface area contributed by atoms with Crippen molar-refractivity contribution in [2.75, 3.05) is 0 Å². The minimum atomic E-state index is -0.170. The van der Waals surface area contributed by atoms with Gasteiger partial charge in [0.25, 0.3) is 5.91 Å². The maximum absolute atomic E-state index is 12.2. The smallest absolute Gasteiger partial charge is 0.251 e. The fraction of sp³-hybridized carbons (Fsp3) is 0.389. The topological polar surface area (TPSA) is 66.5 Å². The molecule has 5 nitrogen and oxygen atoms in total. The summed E-state index contributed by atoms with van der Waals surface area (Å²) in [5, 5.41) is 2.99. The predicted molar refractivity (Wildman–Crippen MR) is 85.6 cm³/mol. The third-order valence-corrected chi connectivity index (χ3v) is 4.35. The lowest BCUT2D eigenvalue weighted by Gasteiger charge is -2.22. The minimum Gasteiger partial charge on any atom is -0.346 e. The number of carbonyl (C=O) groups excluding carboxylic acids is 3. The van der Waals surface area contributed by atoms with Gasteiger partial charge in [0.05, 0.1) is 6.04 Å². The zero-order chi connectivity index (χ0) is 16.2. The van der Waals surface area contributed by atoms with E-state index in [0.29, 0.717) is 18.4 Å². The quantitative estimate of drug-likeness (QED) is 0.686. The second-order valence-electron chi connectivity index (χ2n) is 5.99. The summed E-state index contributed by atoms with van der Waals surface area (Å²) in [5.74, 6) is -0.278. The molecule has 1 N–H and O–H groups in total. The molecular formula is C18H20N2O3. The summed E-state index contributed by atoms with van der Waals surface area (Å²) in [5.41, 5.74) is 0.631. The Labute approximate surface area is 135 Å². The van der Waals surface area contributed by atoms with E-state index in [1.165, 1.54) is 4.90 Å². The van der Waals surface area contributed by atoms with Crippen molar-refractivity contribution < 1.29 is 14.4 Å². The van der Waals surface area contributed by atoms with Crippen molar-refractivity contribution in [2.24, 2.45) is 0 Å². The molecule has 3 amide bonds. The van der Waals surface area contributed by atoms with Gasteiger partial charge in [-0.05, 0) is 31.4 Å². The zero-order valence-corrected chi connectivity index (χ0v) is 12.9. The lowest BCUT2D eigenvalue weighted by molar-refractivity contribution is -0.140. The van der Waals surface area contributed by atoms with Crippen LogP contribution in [0.25, 0.3) is 0 Å². The maximum Gasteiger partial charge on any atom is 0.251 e. The van der Waals surface area contributed by atoms with E-state index >= 15 is 0 Å². The van der Waals surface area contributed by atoms with E-state index in [-0.39, 0.29) is 29.8 Å². The molecule has 120 valence electrons. The van der Waals surface area contributed by atoms with Crippen LogP contribution in [0.4, 0.5) is 0 Å². The average molecular weight is 312 g/mol. The molecule has 1 aliphatic heterocycles. The number of likely N-dealkylation sites (tertiary alicyclic amines) is 1. The molecule has 1 saturated heterocycles. The van der Waals surface area contributed by atoms with Gasteiger partial charge in [0.1, 0.15) is 0 Å². The van der Waals surface area contributed by atoms with Gasteiger partial charge < -0.3 is 5.32 Å². The van der Waals surface area contributed by atoms with Crippen molar-refractivity contribution >= 4 is 17.7 Å². The molecule has 0 saturated carbocycles. The van der Waals surface area contributed by atoms with Gasteiger partial charge in [-0.3, -0.25) is 19.3 Å². The van der Waals surface area contributed by atoms with Gasteiger partial charge in [-0.2, -0.15) is 0 Å². The van der Waals surface area contributed by atoms with Crippen LogP contribution in [0.2, 0.25) is 0 Å². The van der Waals surface area contributed by atoms with Crippen LogP contribution in [0, 0.1) is 0 Å². The first kappa shape index (κ1) is 15.5. The van der Waals surface area contributed by atoms with Gasteiger partial charge in [0.15, 0.2) is 0 Å². The Hall–Kier alpha value is -2.43. The first-order chi connectivity index (χ1) is 11.1. The summed E-state index contributed by atoms with van der Waals surface area (Å²) in [4.78, 5) is 37.3. The van der Waals surface area contributed by atoms with Crippen molar-refractivity contribution in [3.05, 3.63) is 48.0 Å². The van der Waals surface area contributed by atoms with E-state index in [4.69, 9.17) is 0 Å². The first-order valence-electron chi connectivity index (χ1n) is 8.04. The number of amides is 3. The zero-order valence-electron chi connectivity index (χ0n) is 12.9. The van der Waals surface area contributed by atoms with Gasteiger partial charge >= 0.3 is 0 Å². The van der Waals surface area contributed by atoms with Crippen LogP contribution in [0.5, 0.6) is 0 Å². The molecule has 1 heterocycles. The molecule has 2 atom stereocenters. The number of benzene rings is 1. The summed E-state index contributed by atoms with van der Waals surface area (Å²) in [7, 11) is 0. The number of nitrogens with one attached hydrogen (secondary N) is 1. The van der Waals surface area contributed by atoms with Crippen molar-refractivity contribution in [3.63, 3.8) is 0 Å². The highest BCUT2D eigenvalue weighted by Crippen LogP contribution is 2.23. The second kappa shape index (κ2) is 6.77. The Kier molecular flexibility index (Phi) is 4.55. The van der Waals surface area contributed by atoms with Gasteiger partial charge in [-0.1, -0.05) is 30.4 Å². The predicted octanol–water partition coefficient (Wildman–Crippen LogP) is 2.04. The number of carbonyl (C=O) groups is 3. The highest BCUT2D eigenvalue weighted by Gasteiger charge is 2.34. The van der Waals surface area contributed by atoms with Crippen LogP contribution in [0.15, 0.2) is 42.5 Å². The van der Waals surface area contributed by atoms with Crippen LogP contribution in [-0.4, -0.2) is 34.7 Å². The molecule has 0 radical (unpaired) electrons. The Morgan fingerprint density at radius 3 is 2.39 bits per heavy atom. The Balaban J connectivity index is 1.65. The van der Waals surface area contributed by atoms with Gasteiger partial charge in [-0.15, -0.1) is 0 Å². The molecule has 23 heavy (non-hydrogen) atoms. The maximum atomic E-state index is 12.2. The number of imide groups is 1. The van der Waals surface area contributed by atoms with Crippen LogP contribution in [0.3, 0.4) is 0 Å². The van der Waals surface area contributed by atoms with Crippen molar-refractivity contribution in [1.29, 1.82) is 0 Å². The van der Waals surface area contributed by atoms with E-state index in [9.17, 15) is 14.4 Å². The molecule has 0 aromatic heterocycles. The van der Waals surface area contributed by atoms with Gasteiger partial charge in [0, 0.05) is 24.4 Å². The monoisotopic (exact) mass is 312 g/mol. The summed E-state index contributed by atoms with van der Waals surface area (Å²) >= 11 is 0. The molecule has 1 fully saturated rings. The molecule has 0 spiro atoms. The van der Waals surface area contributed by atoms with Gasteiger partial charge in [0.2, 0.25) is 11.8 Å². The Bertz CT molecular complexity index is 623.